The summed E-state index contributed by atoms with van der Waals surface area (Å²) in [5.74, 6) is 1.10. The van der Waals surface area contributed by atoms with Crippen LogP contribution in [0, 0.1) is 17.2 Å². The van der Waals surface area contributed by atoms with Crippen LogP contribution < -0.4 is 10.1 Å². The van der Waals surface area contributed by atoms with Crippen LogP contribution in [0.25, 0.3) is 0 Å². The maximum atomic E-state index is 8.74. The highest BCUT2D eigenvalue weighted by Gasteiger charge is 2.13. The molecule has 1 saturated heterocycles. The lowest BCUT2D eigenvalue weighted by atomic mass is 10.0. The highest BCUT2D eigenvalue weighted by atomic mass is 16.5. The van der Waals surface area contributed by atoms with Crippen LogP contribution in [0.1, 0.15) is 18.4 Å². The fraction of sp³-hybridized carbons (Fsp3) is 0.500. The summed E-state index contributed by atoms with van der Waals surface area (Å²) in [5, 5.41) is 12.1. The number of rotatable bonds is 3. The van der Waals surface area contributed by atoms with Gasteiger partial charge in [0.15, 0.2) is 0 Å². The Labute approximate surface area is 95.3 Å². The minimum atomic E-state index is 0.546. The van der Waals surface area contributed by atoms with Gasteiger partial charge in [-0.2, -0.15) is 5.26 Å². The number of ether oxygens (including phenoxy) is 1. The quantitative estimate of drug-likeness (QED) is 0.829. The van der Waals surface area contributed by atoms with E-state index in [1.165, 1.54) is 12.8 Å². The highest BCUT2D eigenvalue weighted by Crippen LogP contribution is 2.13. The molecule has 0 amide bonds. The molecule has 84 valence electrons. The molecular weight excluding hydrogens is 202 g/mol. The van der Waals surface area contributed by atoms with Gasteiger partial charge in [0.25, 0.3) is 0 Å². The van der Waals surface area contributed by atoms with Crippen LogP contribution in [0.4, 0.5) is 0 Å². The first-order valence-electron chi connectivity index (χ1n) is 5.58. The summed E-state index contributed by atoms with van der Waals surface area (Å²) < 4.78 is 5.59. The number of piperidine rings is 1. The normalized spacial score (nSPS) is 20.1. The SMILES string of the molecule is N#Cc1ccnc(OC[C@H]2CCCNC2)c1. The summed E-state index contributed by atoms with van der Waals surface area (Å²) >= 11 is 0. The third kappa shape index (κ3) is 2.94. The second-order valence-electron chi connectivity index (χ2n) is 4.02. The Morgan fingerprint density at radius 2 is 2.56 bits per heavy atom. The topological polar surface area (TPSA) is 57.9 Å². The van der Waals surface area contributed by atoms with E-state index in [0.29, 0.717) is 24.0 Å². The number of nitrogens with zero attached hydrogens (tertiary/aromatic N) is 2. The van der Waals surface area contributed by atoms with E-state index in [1.54, 1.807) is 18.3 Å². The molecule has 0 saturated carbocycles. The Balaban J connectivity index is 1.86. The van der Waals surface area contributed by atoms with Crippen molar-refractivity contribution in [2.75, 3.05) is 19.7 Å². The average molecular weight is 217 g/mol. The van der Waals surface area contributed by atoms with Crippen molar-refractivity contribution in [2.24, 2.45) is 5.92 Å². The molecule has 0 spiro atoms. The lowest BCUT2D eigenvalue weighted by Gasteiger charge is -2.22. The number of hydrogen-bond acceptors (Lipinski definition) is 4. The van der Waals surface area contributed by atoms with E-state index < -0.39 is 0 Å². The lowest BCUT2D eigenvalue weighted by molar-refractivity contribution is 0.212. The molecule has 2 rings (SSSR count). The Kier molecular flexibility index (Phi) is 3.73. The smallest absolute Gasteiger partial charge is 0.214 e. The molecule has 0 radical (unpaired) electrons. The molecule has 1 fully saturated rings. The zero-order chi connectivity index (χ0) is 11.2. The van der Waals surface area contributed by atoms with Crippen molar-refractivity contribution < 1.29 is 4.74 Å². The van der Waals surface area contributed by atoms with Crippen molar-refractivity contribution in [2.45, 2.75) is 12.8 Å². The van der Waals surface area contributed by atoms with Crippen LogP contribution in [0.5, 0.6) is 5.88 Å². The molecule has 0 unspecified atom stereocenters. The maximum absolute atomic E-state index is 8.74. The van der Waals surface area contributed by atoms with Crippen molar-refractivity contribution in [1.29, 1.82) is 5.26 Å². The van der Waals surface area contributed by atoms with Crippen molar-refractivity contribution in [3.8, 4) is 11.9 Å². The van der Waals surface area contributed by atoms with Crippen LogP contribution >= 0.6 is 0 Å². The predicted octanol–water partition coefficient (Wildman–Crippen LogP) is 1.33. The van der Waals surface area contributed by atoms with Gasteiger partial charge in [-0.15, -0.1) is 0 Å². The van der Waals surface area contributed by atoms with Gasteiger partial charge in [0.1, 0.15) is 0 Å². The summed E-state index contributed by atoms with van der Waals surface area (Å²) in [7, 11) is 0. The molecule has 1 aliphatic heterocycles. The van der Waals surface area contributed by atoms with E-state index >= 15 is 0 Å². The Morgan fingerprint density at radius 3 is 3.31 bits per heavy atom. The molecule has 0 bridgehead atoms. The maximum Gasteiger partial charge on any atom is 0.214 e. The molecule has 0 aromatic carbocycles. The van der Waals surface area contributed by atoms with Crippen molar-refractivity contribution >= 4 is 0 Å². The Morgan fingerprint density at radius 1 is 1.62 bits per heavy atom. The molecule has 1 N–H and O–H groups in total. The summed E-state index contributed by atoms with van der Waals surface area (Å²) in [6.07, 6.45) is 4.01. The number of pyridine rings is 1. The molecule has 1 aromatic heterocycles. The first kappa shape index (κ1) is 10.9. The van der Waals surface area contributed by atoms with Gasteiger partial charge in [-0.3, -0.25) is 0 Å². The molecule has 1 atom stereocenters. The van der Waals surface area contributed by atoms with E-state index in [-0.39, 0.29) is 0 Å². The number of hydrogen-bond donors (Lipinski definition) is 1. The van der Waals surface area contributed by atoms with E-state index in [0.717, 1.165) is 13.1 Å². The second-order valence-corrected chi connectivity index (χ2v) is 4.02. The van der Waals surface area contributed by atoms with Gasteiger partial charge in [0, 0.05) is 24.7 Å². The second kappa shape index (κ2) is 5.47. The molecular formula is C12H15N3O. The van der Waals surface area contributed by atoms with Gasteiger partial charge < -0.3 is 10.1 Å². The Hall–Kier alpha value is -1.60. The van der Waals surface area contributed by atoms with Crippen molar-refractivity contribution in [1.82, 2.24) is 10.3 Å². The van der Waals surface area contributed by atoms with Gasteiger partial charge in [0.2, 0.25) is 5.88 Å². The van der Waals surface area contributed by atoms with E-state index in [1.807, 2.05) is 0 Å². The molecule has 4 heteroatoms. The number of nitrogens with one attached hydrogen (secondary N) is 1. The predicted molar refractivity (Wildman–Crippen MR) is 60.0 cm³/mol. The monoisotopic (exact) mass is 217 g/mol. The van der Waals surface area contributed by atoms with Gasteiger partial charge in [-0.1, -0.05) is 0 Å². The van der Waals surface area contributed by atoms with Gasteiger partial charge in [0.05, 0.1) is 18.2 Å². The minimum absolute atomic E-state index is 0.546. The van der Waals surface area contributed by atoms with E-state index in [4.69, 9.17) is 10.00 Å². The van der Waals surface area contributed by atoms with Crippen LogP contribution in [-0.2, 0) is 0 Å². The summed E-state index contributed by atoms with van der Waals surface area (Å²) in [6.45, 7) is 2.80. The summed E-state index contributed by atoms with van der Waals surface area (Å²) in [5.41, 5.74) is 0.590. The van der Waals surface area contributed by atoms with E-state index in [9.17, 15) is 0 Å². The van der Waals surface area contributed by atoms with E-state index in [2.05, 4.69) is 16.4 Å². The van der Waals surface area contributed by atoms with Gasteiger partial charge in [-0.05, 0) is 25.5 Å². The molecule has 0 aliphatic carbocycles. The van der Waals surface area contributed by atoms with Gasteiger partial charge >= 0.3 is 0 Å². The molecule has 1 aliphatic rings. The summed E-state index contributed by atoms with van der Waals surface area (Å²) in [6, 6.07) is 5.43. The highest BCUT2D eigenvalue weighted by molar-refractivity contribution is 5.31. The van der Waals surface area contributed by atoms with Crippen LogP contribution in [-0.4, -0.2) is 24.7 Å². The molecule has 1 aromatic rings. The van der Waals surface area contributed by atoms with Crippen LogP contribution in [0.2, 0.25) is 0 Å². The minimum Gasteiger partial charge on any atom is -0.477 e. The fourth-order valence-electron chi connectivity index (χ4n) is 1.83. The van der Waals surface area contributed by atoms with Gasteiger partial charge in [-0.25, -0.2) is 4.98 Å². The third-order valence-electron chi connectivity index (χ3n) is 2.73. The zero-order valence-electron chi connectivity index (χ0n) is 9.15. The zero-order valence-corrected chi connectivity index (χ0v) is 9.15. The molecule has 16 heavy (non-hydrogen) atoms. The average Bonchev–Trinajstić information content (AvgIpc) is 2.38. The number of nitriles is 1. The largest absolute Gasteiger partial charge is 0.477 e. The van der Waals surface area contributed by atoms with Crippen molar-refractivity contribution in [3.63, 3.8) is 0 Å². The molecule has 2 heterocycles. The fourth-order valence-corrected chi connectivity index (χ4v) is 1.83. The lowest BCUT2D eigenvalue weighted by Crippen LogP contribution is -2.33. The summed E-state index contributed by atoms with van der Waals surface area (Å²) in [4.78, 5) is 4.08. The van der Waals surface area contributed by atoms with Crippen LogP contribution in [0.3, 0.4) is 0 Å². The first-order chi connectivity index (χ1) is 7.88. The third-order valence-corrected chi connectivity index (χ3v) is 2.73. The van der Waals surface area contributed by atoms with Crippen molar-refractivity contribution in [3.05, 3.63) is 23.9 Å². The Bertz CT molecular complexity index is 380. The number of aromatic nitrogens is 1. The first-order valence-corrected chi connectivity index (χ1v) is 5.58. The molecule has 4 nitrogen and oxygen atoms in total. The standard InChI is InChI=1S/C12H15N3O/c13-7-10-3-5-15-12(6-10)16-9-11-2-1-4-14-8-11/h3,5-6,11,14H,1-2,4,8-9H2/t11-/m0/s1. The van der Waals surface area contributed by atoms with Crippen LogP contribution in [0.15, 0.2) is 18.3 Å².